The molecule has 3 nitrogen and oxygen atoms in total. The van der Waals surface area contributed by atoms with Crippen molar-refractivity contribution in [3.8, 4) is 11.5 Å². The minimum atomic E-state index is -0.0765. The number of nitrogens with one attached hydrogen (secondary N) is 1. The van der Waals surface area contributed by atoms with Crippen molar-refractivity contribution in [2.45, 2.75) is 19.9 Å². The summed E-state index contributed by atoms with van der Waals surface area (Å²) in [6, 6.07) is 5.12. The van der Waals surface area contributed by atoms with E-state index in [1.165, 1.54) is 6.07 Å². The van der Waals surface area contributed by atoms with Crippen molar-refractivity contribution in [1.29, 1.82) is 0 Å². The van der Waals surface area contributed by atoms with Gasteiger partial charge in [0.1, 0.15) is 0 Å². The second-order valence-corrected chi connectivity index (χ2v) is 3.76. The van der Waals surface area contributed by atoms with Crippen LogP contribution in [0.5, 0.6) is 11.5 Å². The Balaban J connectivity index is 3.00. The van der Waals surface area contributed by atoms with E-state index in [0.717, 1.165) is 5.56 Å². The van der Waals surface area contributed by atoms with E-state index in [1.54, 1.807) is 6.07 Å². The van der Waals surface area contributed by atoms with Gasteiger partial charge in [-0.25, -0.2) is 0 Å². The molecular weight excluding hydrogens is 178 g/mol. The molecule has 1 atom stereocenters. The summed E-state index contributed by atoms with van der Waals surface area (Å²) in [5.74, 6) is 0.291. The van der Waals surface area contributed by atoms with E-state index in [4.69, 9.17) is 5.11 Å². The quantitative estimate of drug-likeness (QED) is 0.647. The van der Waals surface area contributed by atoms with Gasteiger partial charge < -0.3 is 15.5 Å². The molecule has 0 saturated carbocycles. The lowest BCUT2D eigenvalue weighted by Crippen LogP contribution is -2.21. The predicted octanol–water partition coefficient (Wildman–Crippen LogP) is 2.01. The first-order valence-corrected chi connectivity index (χ1v) is 4.75. The Labute approximate surface area is 84.4 Å². The molecule has 1 aromatic rings. The first-order chi connectivity index (χ1) is 6.56. The lowest BCUT2D eigenvalue weighted by molar-refractivity contribution is 0.397. The molecule has 14 heavy (non-hydrogen) atoms. The van der Waals surface area contributed by atoms with Gasteiger partial charge >= 0.3 is 0 Å². The van der Waals surface area contributed by atoms with Gasteiger partial charge in [0.25, 0.3) is 0 Å². The maximum Gasteiger partial charge on any atom is 0.157 e. The summed E-state index contributed by atoms with van der Waals surface area (Å²) in [6.07, 6.45) is 0. The van der Waals surface area contributed by atoms with E-state index < -0.39 is 0 Å². The monoisotopic (exact) mass is 195 g/mol. The number of aromatic hydroxyl groups is 2. The number of benzene rings is 1. The predicted molar refractivity (Wildman–Crippen MR) is 56.4 cm³/mol. The van der Waals surface area contributed by atoms with Crippen molar-refractivity contribution < 1.29 is 10.2 Å². The van der Waals surface area contributed by atoms with Crippen LogP contribution in [0.3, 0.4) is 0 Å². The number of hydrogen-bond acceptors (Lipinski definition) is 3. The largest absolute Gasteiger partial charge is 0.504 e. The summed E-state index contributed by atoms with van der Waals surface area (Å²) < 4.78 is 0. The lowest BCUT2D eigenvalue weighted by Gasteiger charge is -2.20. The molecule has 0 radical (unpaired) electrons. The third kappa shape index (κ3) is 2.17. The SMILES string of the molecule is CN[C@@H](c1ccc(O)c(O)c1)C(C)C. The van der Waals surface area contributed by atoms with Gasteiger partial charge in [-0.2, -0.15) is 0 Å². The zero-order valence-electron chi connectivity index (χ0n) is 8.78. The number of rotatable bonds is 3. The van der Waals surface area contributed by atoms with Crippen LogP contribution < -0.4 is 5.32 Å². The summed E-state index contributed by atoms with van der Waals surface area (Å²) >= 11 is 0. The summed E-state index contributed by atoms with van der Waals surface area (Å²) in [6.45, 7) is 4.20. The van der Waals surface area contributed by atoms with Gasteiger partial charge in [0.05, 0.1) is 0 Å². The number of phenols is 2. The molecule has 0 aromatic heterocycles. The van der Waals surface area contributed by atoms with E-state index in [0.29, 0.717) is 5.92 Å². The summed E-state index contributed by atoms with van der Waals surface area (Å²) in [7, 11) is 1.88. The molecule has 0 saturated heterocycles. The number of phenolic OH excluding ortho intramolecular Hbond substituents is 2. The highest BCUT2D eigenvalue weighted by molar-refractivity contribution is 5.41. The molecule has 1 rings (SSSR count). The Morgan fingerprint density at radius 1 is 1.14 bits per heavy atom. The van der Waals surface area contributed by atoms with E-state index in [-0.39, 0.29) is 17.5 Å². The molecular formula is C11H17NO2. The summed E-state index contributed by atoms with van der Waals surface area (Å²) in [4.78, 5) is 0. The molecule has 3 N–H and O–H groups in total. The van der Waals surface area contributed by atoms with E-state index in [1.807, 2.05) is 13.1 Å². The fourth-order valence-electron chi connectivity index (χ4n) is 1.62. The molecule has 3 heteroatoms. The molecule has 0 aliphatic carbocycles. The fraction of sp³-hybridized carbons (Fsp3) is 0.455. The summed E-state index contributed by atoms with van der Waals surface area (Å²) in [5.41, 5.74) is 0.984. The van der Waals surface area contributed by atoms with Gasteiger partial charge in [-0.05, 0) is 30.7 Å². The van der Waals surface area contributed by atoms with Crippen molar-refractivity contribution >= 4 is 0 Å². The van der Waals surface area contributed by atoms with Crippen LogP contribution in [0.1, 0.15) is 25.5 Å². The van der Waals surface area contributed by atoms with Gasteiger partial charge in [-0.3, -0.25) is 0 Å². The highest BCUT2D eigenvalue weighted by Crippen LogP contribution is 2.30. The molecule has 0 amide bonds. The van der Waals surface area contributed by atoms with E-state index in [2.05, 4.69) is 19.2 Å². The van der Waals surface area contributed by atoms with Crippen LogP contribution in [0.15, 0.2) is 18.2 Å². The zero-order chi connectivity index (χ0) is 10.7. The van der Waals surface area contributed by atoms with Crippen molar-refractivity contribution in [2.24, 2.45) is 5.92 Å². The third-order valence-corrected chi connectivity index (χ3v) is 2.34. The highest BCUT2D eigenvalue weighted by Gasteiger charge is 2.14. The second kappa shape index (κ2) is 4.33. The van der Waals surface area contributed by atoms with Crippen molar-refractivity contribution in [1.82, 2.24) is 5.32 Å². The molecule has 0 unspecified atom stereocenters. The van der Waals surface area contributed by atoms with Crippen LogP contribution in [-0.2, 0) is 0 Å². The molecule has 0 bridgehead atoms. The maximum absolute atomic E-state index is 9.35. The second-order valence-electron chi connectivity index (χ2n) is 3.76. The fourth-order valence-corrected chi connectivity index (χ4v) is 1.62. The zero-order valence-corrected chi connectivity index (χ0v) is 8.78. The number of hydrogen-bond donors (Lipinski definition) is 3. The maximum atomic E-state index is 9.35. The minimum Gasteiger partial charge on any atom is -0.504 e. The molecule has 78 valence electrons. The Bertz CT molecular complexity index is 310. The third-order valence-electron chi connectivity index (χ3n) is 2.34. The topological polar surface area (TPSA) is 52.5 Å². The average molecular weight is 195 g/mol. The Kier molecular flexibility index (Phi) is 3.36. The van der Waals surface area contributed by atoms with Gasteiger partial charge in [0.15, 0.2) is 11.5 Å². The van der Waals surface area contributed by atoms with E-state index >= 15 is 0 Å². The smallest absolute Gasteiger partial charge is 0.157 e. The first-order valence-electron chi connectivity index (χ1n) is 4.75. The average Bonchev–Trinajstić information content (AvgIpc) is 2.11. The van der Waals surface area contributed by atoms with Crippen LogP contribution >= 0.6 is 0 Å². The normalized spacial score (nSPS) is 13.1. The van der Waals surface area contributed by atoms with Crippen LogP contribution in [0, 0.1) is 5.92 Å². The van der Waals surface area contributed by atoms with Crippen molar-refractivity contribution in [2.75, 3.05) is 7.05 Å². The van der Waals surface area contributed by atoms with Crippen LogP contribution in [-0.4, -0.2) is 17.3 Å². The Hall–Kier alpha value is -1.22. The Morgan fingerprint density at radius 3 is 2.21 bits per heavy atom. The molecule has 0 spiro atoms. The highest BCUT2D eigenvalue weighted by atomic mass is 16.3. The van der Waals surface area contributed by atoms with Crippen molar-refractivity contribution in [3.05, 3.63) is 23.8 Å². The minimum absolute atomic E-state index is 0.0663. The van der Waals surface area contributed by atoms with Crippen molar-refractivity contribution in [3.63, 3.8) is 0 Å². The Morgan fingerprint density at radius 2 is 1.79 bits per heavy atom. The van der Waals surface area contributed by atoms with Gasteiger partial charge in [-0.1, -0.05) is 19.9 Å². The van der Waals surface area contributed by atoms with Crippen LogP contribution in [0.2, 0.25) is 0 Å². The lowest BCUT2D eigenvalue weighted by atomic mass is 9.96. The van der Waals surface area contributed by atoms with Crippen LogP contribution in [0.25, 0.3) is 0 Å². The van der Waals surface area contributed by atoms with Gasteiger partial charge in [0, 0.05) is 6.04 Å². The summed E-state index contributed by atoms with van der Waals surface area (Å²) in [5, 5.41) is 21.7. The van der Waals surface area contributed by atoms with Gasteiger partial charge in [0.2, 0.25) is 0 Å². The molecule has 0 fully saturated rings. The van der Waals surface area contributed by atoms with E-state index in [9.17, 15) is 5.11 Å². The first kappa shape index (κ1) is 10.9. The standard InChI is InChI=1S/C11H17NO2/c1-7(2)11(12-3)8-4-5-9(13)10(14)6-8/h4-7,11-14H,1-3H3/t11-/m1/s1. The molecule has 0 aliphatic heterocycles. The van der Waals surface area contributed by atoms with Gasteiger partial charge in [-0.15, -0.1) is 0 Å². The molecule has 0 aliphatic rings. The molecule has 1 aromatic carbocycles. The van der Waals surface area contributed by atoms with Crippen LogP contribution in [0.4, 0.5) is 0 Å². The molecule has 0 heterocycles.